The molecular formula is C27H57AcNO9P12. The van der Waals surface area contributed by atoms with Crippen molar-refractivity contribution in [2.75, 3.05) is 14.2 Å². The molecule has 50 heavy (non-hydrogen) atoms. The van der Waals surface area contributed by atoms with Gasteiger partial charge in [0.25, 0.3) is 0 Å². The number of rotatable bonds is 13. The number of Topliss-reactive ketones (excluding diaryl/α,β-unsaturated/α-hetero) is 1. The van der Waals surface area contributed by atoms with Crippen LogP contribution in [-0.2, 0) is 28.1 Å². The second-order valence-electron chi connectivity index (χ2n) is 14.0. The van der Waals surface area contributed by atoms with E-state index in [0.717, 1.165) is 0 Å². The number of ether oxygens (including phenoxy) is 2. The van der Waals surface area contributed by atoms with Crippen LogP contribution in [0.1, 0.15) is 61.3 Å². The SMILES string of the molecule is CNC(C)C(OPP)C(=O)OC1CC2(O)[C@@H](C)C3C(C)(O)C(OC)CC(O)[C@@]3(C)C(=O)C(OP(P(P)P)P(PP)P(P)P)C(=C1C)C2(C)C.[Ac]. The normalized spacial score (nSPS) is 38.5. The van der Waals surface area contributed by atoms with Crippen molar-refractivity contribution in [3.05, 3.63) is 11.1 Å². The minimum Gasteiger partial charge on any atom is -0.456 e. The zero-order valence-electron chi connectivity index (χ0n) is 30.2. The molecule has 0 heterocycles. The van der Waals surface area contributed by atoms with E-state index in [1.54, 1.807) is 20.9 Å². The topological polar surface area (TPSA) is 144 Å². The largest absolute Gasteiger partial charge is 0.456 e. The van der Waals surface area contributed by atoms with Crippen molar-refractivity contribution in [3.8, 4) is 0 Å². The third kappa shape index (κ3) is 9.71. The Kier molecular flexibility index (Phi) is 21.2. The Morgan fingerprint density at radius 1 is 1.10 bits per heavy atom. The molecule has 1 radical (unpaired) electrons. The first-order valence-electron chi connectivity index (χ1n) is 15.8. The van der Waals surface area contributed by atoms with Gasteiger partial charge in [-0.05, 0) is 65.8 Å². The molecule has 21 atom stereocenters. The molecule has 3 aliphatic carbocycles. The van der Waals surface area contributed by atoms with Crippen LogP contribution < -0.4 is 5.32 Å². The smallest absolute Gasteiger partial charge is 0.337 e. The van der Waals surface area contributed by atoms with Crippen LogP contribution >= 0.6 is 98.5 Å². The maximum absolute atomic E-state index is 15.5. The van der Waals surface area contributed by atoms with Crippen LogP contribution in [0.5, 0.6) is 0 Å². The van der Waals surface area contributed by atoms with Gasteiger partial charge in [0.2, 0.25) is 0 Å². The molecule has 0 saturated heterocycles. The van der Waals surface area contributed by atoms with Crippen LogP contribution in [0, 0.1) is 66.7 Å². The van der Waals surface area contributed by atoms with Gasteiger partial charge in [0.05, 0.1) is 36.4 Å². The molecule has 3 aliphatic rings. The van der Waals surface area contributed by atoms with E-state index in [9.17, 15) is 20.1 Å². The molecule has 19 unspecified atom stereocenters. The van der Waals surface area contributed by atoms with E-state index in [1.807, 2.05) is 34.6 Å². The van der Waals surface area contributed by atoms with E-state index in [0.29, 0.717) is 19.1 Å². The number of esters is 1. The van der Waals surface area contributed by atoms with Crippen LogP contribution in [-0.4, -0.2) is 89.0 Å². The minimum absolute atomic E-state index is 0. The molecule has 0 amide bonds. The Morgan fingerprint density at radius 3 is 2.14 bits per heavy atom. The maximum Gasteiger partial charge on any atom is 0.337 e. The quantitative estimate of drug-likeness (QED) is 0.0826. The summed E-state index contributed by atoms with van der Waals surface area (Å²) in [7, 11) is 19.6. The predicted molar refractivity (Wildman–Crippen MR) is 235 cm³/mol. The van der Waals surface area contributed by atoms with Gasteiger partial charge in [-0.1, -0.05) is 37.7 Å². The molecule has 0 aromatic carbocycles. The number of ketones is 1. The van der Waals surface area contributed by atoms with E-state index >= 15 is 4.79 Å². The van der Waals surface area contributed by atoms with E-state index in [1.165, 1.54) is 7.11 Å². The fraction of sp³-hybridized carbons (Fsp3) is 0.852. The van der Waals surface area contributed by atoms with E-state index in [2.05, 4.69) is 58.9 Å². The predicted octanol–water partition coefficient (Wildman–Crippen LogP) is 7.64. The van der Waals surface area contributed by atoms with Crippen LogP contribution in [0.2, 0.25) is 0 Å². The summed E-state index contributed by atoms with van der Waals surface area (Å²) in [5, 5.41) is 40.7. The summed E-state index contributed by atoms with van der Waals surface area (Å²) in [6, 6.07) is -0.350. The molecule has 0 spiro atoms. The number of methoxy groups -OCH3 is 1. The Balaban J connectivity index is 0.00000867. The average Bonchev–Trinajstić information content (AvgIpc) is 3.01. The van der Waals surface area contributed by atoms with Crippen LogP contribution in [0.4, 0.5) is 0 Å². The van der Waals surface area contributed by atoms with Gasteiger partial charge >= 0.3 is 5.97 Å². The number of hydrogen-bond donors (Lipinski definition) is 4. The Hall–Kier alpha value is 5.20. The number of fused-ring (bicyclic) bond motifs is 3. The summed E-state index contributed by atoms with van der Waals surface area (Å²) in [6.07, 6.45) is -4.89. The Bertz CT molecular complexity index is 1250. The van der Waals surface area contributed by atoms with Crippen molar-refractivity contribution in [1.82, 2.24) is 5.32 Å². The monoisotopic (exact) mass is 1140 g/mol. The van der Waals surface area contributed by atoms with Crippen molar-refractivity contribution >= 4 is 110 Å². The van der Waals surface area contributed by atoms with Gasteiger partial charge in [0.15, 0.2) is 11.9 Å². The third-order valence-corrected chi connectivity index (χ3v) is 59.3. The number of carbonyl (C=O) groups is 2. The van der Waals surface area contributed by atoms with Crippen molar-refractivity contribution in [1.29, 1.82) is 0 Å². The van der Waals surface area contributed by atoms with Crippen molar-refractivity contribution in [2.24, 2.45) is 22.7 Å². The van der Waals surface area contributed by atoms with Gasteiger partial charge in [-0.2, -0.15) is 0 Å². The fourth-order valence-electron chi connectivity index (χ4n) is 8.46. The molecule has 4 N–H and O–H groups in total. The summed E-state index contributed by atoms with van der Waals surface area (Å²) in [6.45, 7) is 10.7. The number of nitrogens with one attached hydrogen (secondary N) is 1. The first-order valence-corrected chi connectivity index (χ1v) is 36.0. The zero-order chi connectivity index (χ0) is 37.6. The van der Waals surface area contributed by atoms with Crippen LogP contribution in [0.25, 0.3) is 0 Å². The number of hydrogen-bond acceptors (Lipinski definition) is 10. The molecule has 10 nitrogen and oxygen atoms in total. The van der Waals surface area contributed by atoms with Crippen molar-refractivity contribution in [3.63, 3.8) is 0 Å². The van der Waals surface area contributed by atoms with Crippen molar-refractivity contribution < 1.29 is 87.5 Å². The number of likely N-dealkylation sites (N-methyl/N-ethyl adjacent to an activating group) is 1. The molecule has 3 rings (SSSR count). The minimum atomic E-state index is -1.62. The maximum atomic E-state index is 15.5. The molecule has 23 heteroatoms. The van der Waals surface area contributed by atoms with Gasteiger partial charge in [0, 0.05) is 96.9 Å². The standard InChI is InChI=1S/C27H57NO9P12.Ac/c1-12-15(35-23(31)19(36-44-38)14(3)28-8)11-27(33)13(2)21-25(6,16(29)10-17(34-9)26(21,7)32)22(30)20(18(12)24(27,4)5)37-46(47(40)41)49(45-39)48(42)43;/h13-17,19-21,28-29,32-33,44-45H,10-11,38-43H2,1-9H3;/t13-,14?,15?,16?,17?,19?,20?,21?,25+,26?,27?,46?,49?;/m0./s1. The van der Waals surface area contributed by atoms with Gasteiger partial charge < -0.3 is 39.2 Å². The summed E-state index contributed by atoms with van der Waals surface area (Å²) in [4.78, 5) is 29.3. The fourth-order valence-corrected chi connectivity index (χ4v) is 75.4. The summed E-state index contributed by atoms with van der Waals surface area (Å²) < 4.78 is 25.0. The Labute approximate surface area is 356 Å². The van der Waals surface area contributed by atoms with Crippen LogP contribution in [0.3, 0.4) is 0 Å². The molecule has 0 aliphatic heterocycles. The van der Waals surface area contributed by atoms with Crippen molar-refractivity contribution in [2.45, 2.75) is 109 Å². The van der Waals surface area contributed by atoms with Gasteiger partial charge in [0.1, 0.15) is 12.2 Å². The Morgan fingerprint density at radius 2 is 1.68 bits per heavy atom. The molecule has 2 bridgehead atoms. The molecule has 0 aromatic rings. The van der Waals surface area contributed by atoms with E-state index < -0.39 is 98.8 Å². The average molecular weight is 1140 g/mol. The first kappa shape index (κ1) is 51.3. The number of aliphatic hydroxyl groups excluding tert-OH is 1. The summed E-state index contributed by atoms with van der Waals surface area (Å²) >= 11 is 0. The molecule has 2 saturated carbocycles. The molecule has 287 valence electrons. The number of aliphatic hydroxyl groups is 3. The first-order chi connectivity index (χ1) is 22.6. The van der Waals surface area contributed by atoms with Gasteiger partial charge in [-0.25, -0.2) is 4.79 Å². The molecular weight excluding hydrogens is 1080 g/mol. The zero-order valence-corrected chi connectivity index (χ0v) is 47.4. The second kappa shape index (κ2) is 20.6. The van der Waals surface area contributed by atoms with Gasteiger partial charge in [-0.15, -0.1) is 44.6 Å². The number of carbonyl (C=O) groups excluding carboxylic acids is 2. The second-order valence-corrected chi connectivity index (χ2v) is 49.7. The van der Waals surface area contributed by atoms with Gasteiger partial charge in [-0.3, -0.25) is 4.79 Å². The summed E-state index contributed by atoms with van der Waals surface area (Å²) in [5.41, 5.74) is -4.59. The van der Waals surface area contributed by atoms with E-state index in [4.69, 9.17) is 18.5 Å². The molecule has 0 aromatic heterocycles. The third-order valence-electron chi connectivity index (χ3n) is 11.3. The summed E-state index contributed by atoms with van der Waals surface area (Å²) in [5.74, 6) is -2.63. The van der Waals surface area contributed by atoms with Crippen LogP contribution in [0.15, 0.2) is 11.1 Å². The van der Waals surface area contributed by atoms with E-state index in [-0.39, 0.29) is 77.2 Å². The molecule has 2 fully saturated rings.